The van der Waals surface area contributed by atoms with Gasteiger partial charge >= 0.3 is 0 Å². The van der Waals surface area contributed by atoms with Gasteiger partial charge in [-0.1, -0.05) is 11.6 Å². The summed E-state index contributed by atoms with van der Waals surface area (Å²) >= 11 is 5.98. The summed E-state index contributed by atoms with van der Waals surface area (Å²) in [6.07, 6.45) is 2.70. The summed E-state index contributed by atoms with van der Waals surface area (Å²) in [5.74, 6) is 0.468. The smallest absolute Gasteiger partial charge is 0.179 e. The number of aryl methyl sites for hydroxylation is 1. The van der Waals surface area contributed by atoms with E-state index < -0.39 is 0 Å². The number of methoxy groups -OCH3 is 1. The Bertz CT molecular complexity index is 428. The number of hydrogen-bond acceptors (Lipinski definition) is 3. The van der Waals surface area contributed by atoms with Crippen LogP contribution >= 0.6 is 11.6 Å². The molecule has 0 aromatic heterocycles. The Morgan fingerprint density at radius 2 is 2.19 bits per heavy atom. The van der Waals surface area contributed by atoms with E-state index >= 15 is 0 Å². The molecule has 0 amide bonds. The van der Waals surface area contributed by atoms with Crippen molar-refractivity contribution >= 4 is 11.6 Å². The molecule has 0 atom stereocenters. The van der Waals surface area contributed by atoms with Crippen LogP contribution in [-0.4, -0.2) is 17.8 Å². The SMILES string of the molecule is COc1c(Cl)cc(C)c(CC2(N)CC2)c1O. The van der Waals surface area contributed by atoms with Gasteiger partial charge in [0.1, 0.15) is 0 Å². The van der Waals surface area contributed by atoms with Gasteiger partial charge in [-0.05, 0) is 37.8 Å². The topological polar surface area (TPSA) is 55.5 Å². The Balaban J connectivity index is 2.43. The number of nitrogens with two attached hydrogens (primary N) is 1. The van der Waals surface area contributed by atoms with Crippen molar-refractivity contribution in [3.63, 3.8) is 0 Å². The van der Waals surface area contributed by atoms with E-state index in [9.17, 15) is 5.11 Å². The lowest BCUT2D eigenvalue weighted by Gasteiger charge is -2.16. The monoisotopic (exact) mass is 241 g/mol. The van der Waals surface area contributed by atoms with Crippen LogP contribution in [0.2, 0.25) is 5.02 Å². The molecule has 0 saturated heterocycles. The van der Waals surface area contributed by atoms with Crippen molar-refractivity contribution in [1.29, 1.82) is 0 Å². The highest BCUT2D eigenvalue weighted by Crippen LogP contribution is 2.44. The minimum atomic E-state index is -0.138. The van der Waals surface area contributed by atoms with Gasteiger partial charge in [-0.3, -0.25) is 0 Å². The number of benzene rings is 1. The average Bonchev–Trinajstić information content (AvgIpc) is 2.92. The summed E-state index contributed by atoms with van der Waals surface area (Å²) in [4.78, 5) is 0. The third-order valence-electron chi connectivity index (χ3n) is 3.16. The zero-order valence-electron chi connectivity index (χ0n) is 9.51. The molecule has 88 valence electrons. The number of hydrogen-bond donors (Lipinski definition) is 2. The Labute approximate surface area is 100 Å². The zero-order chi connectivity index (χ0) is 11.9. The van der Waals surface area contributed by atoms with Crippen LogP contribution in [0.1, 0.15) is 24.0 Å². The van der Waals surface area contributed by atoms with Crippen molar-refractivity contribution in [3.8, 4) is 11.5 Å². The molecular formula is C12H16ClNO2. The second-order valence-corrected chi connectivity index (χ2v) is 4.98. The maximum Gasteiger partial charge on any atom is 0.179 e. The van der Waals surface area contributed by atoms with Crippen LogP contribution in [-0.2, 0) is 6.42 Å². The summed E-state index contributed by atoms with van der Waals surface area (Å²) in [7, 11) is 1.50. The summed E-state index contributed by atoms with van der Waals surface area (Å²) in [5.41, 5.74) is 7.73. The van der Waals surface area contributed by atoms with Gasteiger partial charge in [-0.15, -0.1) is 0 Å². The number of aromatic hydroxyl groups is 1. The molecule has 2 rings (SSSR count). The minimum Gasteiger partial charge on any atom is -0.504 e. The quantitative estimate of drug-likeness (QED) is 0.855. The third kappa shape index (κ3) is 1.97. The zero-order valence-corrected chi connectivity index (χ0v) is 10.3. The van der Waals surface area contributed by atoms with Crippen LogP contribution in [0.25, 0.3) is 0 Å². The molecule has 1 aliphatic rings. The van der Waals surface area contributed by atoms with Gasteiger partial charge < -0.3 is 15.6 Å². The number of phenols is 1. The maximum atomic E-state index is 10.1. The van der Waals surface area contributed by atoms with E-state index in [4.69, 9.17) is 22.1 Å². The van der Waals surface area contributed by atoms with Crippen molar-refractivity contribution in [1.82, 2.24) is 0 Å². The average molecular weight is 242 g/mol. The number of halogens is 1. The molecule has 4 heteroatoms. The minimum absolute atomic E-state index is 0.129. The lowest BCUT2D eigenvalue weighted by atomic mass is 9.98. The Morgan fingerprint density at radius 1 is 1.56 bits per heavy atom. The fraction of sp³-hybridized carbons (Fsp3) is 0.500. The molecular weight excluding hydrogens is 226 g/mol. The lowest BCUT2D eigenvalue weighted by molar-refractivity contribution is 0.369. The first kappa shape index (κ1) is 11.6. The van der Waals surface area contributed by atoms with E-state index in [0.717, 1.165) is 24.0 Å². The van der Waals surface area contributed by atoms with Gasteiger partial charge in [-0.25, -0.2) is 0 Å². The van der Waals surface area contributed by atoms with E-state index in [-0.39, 0.29) is 11.3 Å². The van der Waals surface area contributed by atoms with Crippen LogP contribution in [0.5, 0.6) is 11.5 Å². The van der Waals surface area contributed by atoms with E-state index in [1.165, 1.54) is 7.11 Å². The summed E-state index contributed by atoms with van der Waals surface area (Å²) < 4.78 is 5.08. The fourth-order valence-electron chi connectivity index (χ4n) is 1.89. The van der Waals surface area contributed by atoms with Crippen LogP contribution in [0.4, 0.5) is 0 Å². The highest BCUT2D eigenvalue weighted by atomic mass is 35.5. The van der Waals surface area contributed by atoms with Crippen molar-refractivity contribution in [2.24, 2.45) is 5.73 Å². The molecule has 1 aromatic rings. The highest BCUT2D eigenvalue weighted by Gasteiger charge is 2.39. The van der Waals surface area contributed by atoms with Crippen molar-refractivity contribution < 1.29 is 9.84 Å². The largest absolute Gasteiger partial charge is 0.504 e. The molecule has 1 aliphatic carbocycles. The van der Waals surface area contributed by atoms with Crippen molar-refractivity contribution in [3.05, 3.63) is 22.2 Å². The van der Waals surface area contributed by atoms with Gasteiger partial charge in [0.15, 0.2) is 11.5 Å². The number of ether oxygens (including phenoxy) is 1. The molecule has 1 fully saturated rings. The summed E-state index contributed by atoms with van der Waals surface area (Å²) in [5, 5.41) is 10.5. The first-order valence-electron chi connectivity index (χ1n) is 5.31. The predicted octanol–water partition coefficient (Wildman–Crippen LogP) is 2.40. The van der Waals surface area contributed by atoms with E-state index in [1.54, 1.807) is 6.07 Å². The van der Waals surface area contributed by atoms with Crippen molar-refractivity contribution in [2.75, 3.05) is 7.11 Å². The Morgan fingerprint density at radius 3 is 2.69 bits per heavy atom. The molecule has 3 N–H and O–H groups in total. The van der Waals surface area contributed by atoms with Crippen LogP contribution < -0.4 is 10.5 Å². The fourth-order valence-corrected chi connectivity index (χ4v) is 2.22. The molecule has 0 aliphatic heterocycles. The molecule has 0 radical (unpaired) electrons. The molecule has 3 nitrogen and oxygen atoms in total. The molecule has 1 saturated carbocycles. The van der Waals surface area contributed by atoms with Gasteiger partial charge in [0.25, 0.3) is 0 Å². The van der Waals surface area contributed by atoms with Gasteiger partial charge in [0.2, 0.25) is 0 Å². The van der Waals surface area contributed by atoms with Crippen molar-refractivity contribution in [2.45, 2.75) is 31.7 Å². The Hall–Kier alpha value is -0.930. The molecule has 0 bridgehead atoms. The summed E-state index contributed by atoms with van der Waals surface area (Å²) in [6, 6.07) is 1.81. The first-order valence-corrected chi connectivity index (χ1v) is 5.68. The molecule has 0 heterocycles. The molecule has 0 spiro atoms. The molecule has 1 aromatic carbocycles. The van der Waals surface area contributed by atoms with E-state index in [0.29, 0.717) is 17.2 Å². The predicted molar refractivity (Wildman–Crippen MR) is 64.3 cm³/mol. The lowest BCUT2D eigenvalue weighted by Crippen LogP contribution is -2.25. The summed E-state index contributed by atoms with van der Waals surface area (Å²) in [6.45, 7) is 1.92. The highest BCUT2D eigenvalue weighted by molar-refractivity contribution is 6.32. The second kappa shape index (κ2) is 3.82. The maximum absolute atomic E-state index is 10.1. The normalized spacial score (nSPS) is 17.2. The Kier molecular flexibility index (Phi) is 2.76. The van der Waals surface area contributed by atoms with Crippen LogP contribution in [0.15, 0.2) is 6.07 Å². The second-order valence-electron chi connectivity index (χ2n) is 4.57. The van der Waals surface area contributed by atoms with Gasteiger partial charge in [-0.2, -0.15) is 0 Å². The van der Waals surface area contributed by atoms with Gasteiger partial charge in [0, 0.05) is 11.1 Å². The molecule has 0 unspecified atom stereocenters. The van der Waals surface area contributed by atoms with E-state index in [1.807, 2.05) is 6.92 Å². The van der Waals surface area contributed by atoms with Gasteiger partial charge in [0.05, 0.1) is 12.1 Å². The number of rotatable bonds is 3. The molecule has 16 heavy (non-hydrogen) atoms. The third-order valence-corrected chi connectivity index (χ3v) is 3.44. The number of phenolic OH excluding ortho intramolecular Hbond substituents is 1. The standard InChI is InChI=1S/C12H16ClNO2/c1-7-5-9(13)11(16-2)10(15)8(7)6-12(14)3-4-12/h5,15H,3-4,6,14H2,1-2H3. The van der Waals surface area contributed by atoms with Crippen LogP contribution in [0, 0.1) is 6.92 Å². The van der Waals surface area contributed by atoms with E-state index in [2.05, 4.69) is 0 Å². The first-order chi connectivity index (χ1) is 7.47. The van der Waals surface area contributed by atoms with Crippen LogP contribution in [0.3, 0.4) is 0 Å².